The third-order valence-corrected chi connectivity index (χ3v) is 4.15. The van der Waals surface area contributed by atoms with E-state index < -0.39 is 0 Å². The van der Waals surface area contributed by atoms with Gasteiger partial charge in [-0.3, -0.25) is 4.79 Å². The quantitative estimate of drug-likeness (QED) is 0.840. The van der Waals surface area contributed by atoms with Gasteiger partial charge in [0, 0.05) is 23.5 Å². The number of aryl methyl sites for hydroxylation is 1. The molecule has 106 valence electrons. The lowest BCUT2D eigenvalue weighted by atomic mass is 10.1. The van der Waals surface area contributed by atoms with Gasteiger partial charge in [0.1, 0.15) is 11.3 Å². The summed E-state index contributed by atoms with van der Waals surface area (Å²) in [6.07, 6.45) is 4.52. The van der Waals surface area contributed by atoms with Gasteiger partial charge in [0.15, 0.2) is 0 Å². The van der Waals surface area contributed by atoms with Crippen LogP contribution in [0.5, 0.6) is 0 Å². The summed E-state index contributed by atoms with van der Waals surface area (Å²) in [7, 11) is 0. The molecule has 20 heavy (non-hydrogen) atoms. The van der Waals surface area contributed by atoms with E-state index in [1.54, 1.807) is 0 Å². The zero-order valence-electron chi connectivity index (χ0n) is 12.2. The fourth-order valence-corrected chi connectivity index (χ4v) is 3.21. The van der Waals surface area contributed by atoms with Gasteiger partial charge in [-0.15, -0.1) is 0 Å². The summed E-state index contributed by atoms with van der Waals surface area (Å²) in [6.45, 7) is 5.01. The third-order valence-electron chi connectivity index (χ3n) is 4.15. The van der Waals surface area contributed by atoms with Crippen molar-refractivity contribution in [3.63, 3.8) is 0 Å². The van der Waals surface area contributed by atoms with Gasteiger partial charge >= 0.3 is 0 Å². The predicted octanol–water partition coefficient (Wildman–Crippen LogP) is 4.15. The first kappa shape index (κ1) is 13.2. The molecule has 0 bridgehead atoms. The van der Waals surface area contributed by atoms with Gasteiger partial charge in [0.05, 0.1) is 0 Å². The molecule has 0 spiro atoms. The van der Waals surface area contributed by atoms with Gasteiger partial charge in [0.25, 0.3) is 5.91 Å². The Kier molecular flexibility index (Phi) is 3.51. The number of fused-ring (bicyclic) bond motifs is 1. The van der Waals surface area contributed by atoms with E-state index in [1.165, 1.54) is 0 Å². The van der Waals surface area contributed by atoms with E-state index in [4.69, 9.17) is 4.42 Å². The van der Waals surface area contributed by atoms with Crippen LogP contribution in [0.4, 0.5) is 0 Å². The Morgan fingerprint density at radius 2 is 2.25 bits per heavy atom. The monoisotopic (exact) mass is 271 g/mol. The minimum atomic E-state index is 0.168. The number of furan rings is 1. The summed E-state index contributed by atoms with van der Waals surface area (Å²) in [5.41, 5.74) is 1.63. The average molecular weight is 271 g/mol. The largest absolute Gasteiger partial charge is 0.461 e. The molecule has 1 aliphatic rings. The minimum Gasteiger partial charge on any atom is -0.461 e. The highest BCUT2D eigenvalue weighted by molar-refractivity contribution is 5.98. The Balaban J connectivity index is 1.87. The van der Waals surface area contributed by atoms with Crippen LogP contribution in [-0.4, -0.2) is 23.4 Å². The fraction of sp³-hybridized carbons (Fsp3) is 0.471. The van der Waals surface area contributed by atoms with Crippen molar-refractivity contribution in [3.8, 4) is 0 Å². The SMILES string of the molecule is CCC[C@H]1CCCN1C(=O)c1ccc2oc(C)cc2c1. The molecular weight excluding hydrogens is 250 g/mol. The maximum absolute atomic E-state index is 12.7. The summed E-state index contributed by atoms with van der Waals surface area (Å²) in [4.78, 5) is 14.7. The smallest absolute Gasteiger partial charge is 0.254 e. The number of likely N-dealkylation sites (tertiary alicyclic amines) is 1. The molecule has 1 aromatic carbocycles. The Hall–Kier alpha value is -1.77. The maximum atomic E-state index is 12.7. The summed E-state index contributed by atoms with van der Waals surface area (Å²) < 4.78 is 5.56. The van der Waals surface area contributed by atoms with Crippen molar-refractivity contribution >= 4 is 16.9 Å². The van der Waals surface area contributed by atoms with Crippen molar-refractivity contribution < 1.29 is 9.21 Å². The lowest BCUT2D eigenvalue weighted by Gasteiger charge is -2.24. The molecule has 1 atom stereocenters. The molecular formula is C17H21NO2. The zero-order valence-corrected chi connectivity index (χ0v) is 12.2. The van der Waals surface area contributed by atoms with E-state index in [2.05, 4.69) is 11.8 Å². The Labute approximate surface area is 119 Å². The number of amides is 1. The Bertz CT molecular complexity index is 629. The topological polar surface area (TPSA) is 33.5 Å². The summed E-state index contributed by atoms with van der Waals surface area (Å²) in [6, 6.07) is 8.15. The summed E-state index contributed by atoms with van der Waals surface area (Å²) in [5, 5.41) is 1.01. The molecule has 1 fully saturated rings. The highest BCUT2D eigenvalue weighted by Crippen LogP contribution is 2.26. The molecule has 3 heteroatoms. The van der Waals surface area contributed by atoms with Gasteiger partial charge in [0.2, 0.25) is 0 Å². The number of hydrogen-bond acceptors (Lipinski definition) is 2. The molecule has 3 nitrogen and oxygen atoms in total. The Morgan fingerprint density at radius 3 is 3.05 bits per heavy atom. The van der Waals surface area contributed by atoms with E-state index in [-0.39, 0.29) is 5.91 Å². The molecule has 2 aromatic rings. The van der Waals surface area contributed by atoms with Gasteiger partial charge in [-0.25, -0.2) is 0 Å². The highest BCUT2D eigenvalue weighted by Gasteiger charge is 2.28. The molecule has 2 heterocycles. The third kappa shape index (κ3) is 2.33. The molecule has 1 amide bonds. The van der Waals surface area contributed by atoms with Crippen LogP contribution < -0.4 is 0 Å². The standard InChI is InChI=1S/C17H21NO2/c1-3-5-15-6-4-9-18(15)17(19)13-7-8-16-14(11-13)10-12(2)20-16/h7-8,10-11,15H,3-6,9H2,1-2H3/t15-/m0/s1. The van der Waals surface area contributed by atoms with Crippen LogP contribution in [0, 0.1) is 6.92 Å². The van der Waals surface area contributed by atoms with Crippen molar-refractivity contribution in [1.82, 2.24) is 4.90 Å². The van der Waals surface area contributed by atoms with Crippen LogP contribution in [-0.2, 0) is 0 Å². The molecule has 3 rings (SSSR count). The van der Waals surface area contributed by atoms with Gasteiger partial charge in [-0.05, 0) is 50.5 Å². The van der Waals surface area contributed by atoms with E-state index >= 15 is 0 Å². The first-order chi connectivity index (χ1) is 9.69. The maximum Gasteiger partial charge on any atom is 0.254 e. The van der Waals surface area contributed by atoms with Gasteiger partial charge in [-0.2, -0.15) is 0 Å². The number of rotatable bonds is 3. The van der Waals surface area contributed by atoms with Crippen LogP contribution in [0.1, 0.15) is 48.7 Å². The van der Waals surface area contributed by atoms with E-state index in [0.29, 0.717) is 6.04 Å². The molecule has 0 aliphatic carbocycles. The van der Waals surface area contributed by atoms with Crippen LogP contribution in [0.25, 0.3) is 11.0 Å². The average Bonchev–Trinajstić information content (AvgIpc) is 3.02. The van der Waals surface area contributed by atoms with Crippen molar-refractivity contribution in [2.24, 2.45) is 0 Å². The highest BCUT2D eigenvalue weighted by atomic mass is 16.3. The number of carbonyl (C=O) groups is 1. The van der Waals surface area contributed by atoms with Crippen molar-refractivity contribution in [2.45, 2.75) is 45.6 Å². The second-order valence-electron chi connectivity index (χ2n) is 5.69. The van der Waals surface area contributed by atoms with Gasteiger partial charge < -0.3 is 9.32 Å². The van der Waals surface area contributed by atoms with Crippen LogP contribution >= 0.6 is 0 Å². The fourth-order valence-electron chi connectivity index (χ4n) is 3.21. The molecule has 1 aromatic heterocycles. The molecule has 0 N–H and O–H groups in total. The summed E-state index contributed by atoms with van der Waals surface area (Å²) in [5.74, 6) is 1.05. The molecule has 0 saturated carbocycles. The molecule has 0 unspecified atom stereocenters. The predicted molar refractivity (Wildman–Crippen MR) is 79.9 cm³/mol. The van der Waals surface area contributed by atoms with Crippen molar-refractivity contribution in [1.29, 1.82) is 0 Å². The zero-order chi connectivity index (χ0) is 14.1. The normalized spacial score (nSPS) is 18.9. The Morgan fingerprint density at radius 1 is 1.40 bits per heavy atom. The van der Waals surface area contributed by atoms with Crippen LogP contribution in [0.15, 0.2) is 28.7 Å². The first-order valence-electron chi connectivity index (χ1n) is 7.50. The number of benzene rings is 1. The number of nitrogens with zero attached hydrogens (tertiary/aromatic N) is 1. The first-order valence-corrected chi connectivity index (χ1v) is 7.50. The lowest BCUT2D eigenvalue weighted by molar-refractivity contribution is 0.0730. The van der Waals surface area contributed by atoms with Crippen LogP contribution in [0.3, 0.4) is 0 Å². The van der Waals surface area contributed by atoms with Crippen LogP contribution in [0.2, 0.25) is 0 Å². The second-order valence-corrected chi connectivity index (χ2v) is 5.69. The lowest BCUT2D eigenvalue weighted by Crippen LogP contribution is -2.35. The number of carbonyl (C=O) groups excluding carboxylic acids is 1. The summed E-state index contributed by atoms with van der Waals surface area (Å²) >= 11 is 0. The number of hydrogen-bond donors (Lipinski definition) is 0. The van der Waals surface area contributed by atoms with Crippen molar-refractivity contribution in [2.75, 3.05) is 6.54 Å². The molecule has 1 saturated heterocycles. The van der Waals surface area contributed by atoms with Gasteiger partial charge in [-0.1, -0.05) is 13.3 Å². The molecule has 0 radical (unpaired) electrons. The molecule has 1 aliphatic heterocycles. The van der Waals surface area contributed by atoms with E-state index in [1.807, 2.05) is 31.2 Å². The van der Waals surface area contributed by atoms with E-state index in [9.17, 15) is 4.79 Å². The van der Waals surface area contributed by atoms with Crippen molar-refractivity contribution in [3.05, 3.63) is 35.6 Å². The second kappa shape index (κ2) is 5.31. The minimum absolute atomic E-state index is 0.168. The van der Waals surface area contributed by atoms with E-state index in [0.717, 1.165) is 54.5 Å².